The molecular formula is C26H32O12. The number of aliphatic hydroxyl groups excluding tert-OH is 2. The van der Waals surface area contributed by atoms with Gasteiger partial charge in [-0.25, -0.2) is 9.59 Å². The second-order valence-electron chi connectivity index (χ2n) is 9.82. The highest BCUT2D eigenvalue weighted by Gasteiger charge is 2.80. The summed E-state index contributed by atoms with van der Waals surface area (Å²) in [6, 6.07) is 9.43. The van der Waals surface area contributed by atoms with Crippen LogP contribution in [-0.2, 0) is 39.8 Å². The Morgan fingerprint density at radius 1 is 1.16 bits per heavy atom. The Labute approximate surface area is 218 Å². The van der Waals surface area contributed by atoms with Crippen molar-refractivity contribution < 1.29 is 58.9 Å². The van der Waals surface area contributed by atoms with Crippen LogP contribution in [0.2, 0.25) is 0 Å². The fourth-order valence-corrected chi connectivity index (χ4v) is 5.25. The van der Waals surface area contributed by atoms with Crippen molar-refractivity contribution in [1.29, 1.82) is 0 Å². The molecule has 12 heteroatoms. The molecule has 208 valence electrons. The molecule has 0 radical (unpaired) electrons. The van der Waals surface area contributed by atoms with E-state index in [-0.39, 0.29) is 18.8 Å². The van der Waals surface area contributed by atoms with Gasteiger partial charge in [-0.15, -0.1) is 0 Å². The van der Waals surface area contributed by atoms with Crippen molar-refractivity contribution >= 4 is 23.7 Å². The van der Waals surface area contributed by atoms with Gasteiger partial charge in [-0.1, -0.05) is 43.8 Å². The van der Waals surface area contributed by atoms with Crippen LogP contribution < -0.4 is 0 Å². The van der Waals surface area contributed by atoms with Crippen LogP contribution >= 0.6 is 0 Å². The van der Waals surface area contributed by atoms with Gasteiger partial charge in [0, 0.05) is 25.7 Å². The van der Waals surface area contributed by atoms with E-state index in [0.717, 1.165) is 5.56 Å². The van der Waals surface area contributed by atoms with Crippen molar-refractivity contribution in [3.05, 3.63) is 48.0 Å². The SMILES string of the molecule is C=C(CCC12OC(C(=O)CO)C(O)(C(=O)O)C(C(=O)O)(C[C@H]1O)O2)[C@@H](OC(C)=O)[C@H](C)Cc1ccccc1. The maximum Gasteiger partial charge on any atom is 0.342 e. The van der Waals surface area contributed by atoms with E-state index < -0.39 is 72.0 Å². The number of ketones is 1. The smallest absolute Gasteiger partial charge is 0.342 e. The largest absolute Gasteiger partial charge is 0.479 e. The third kappa shape index (κ3) is 4.97. The summed E-state index contributed by atoms with van der Waals surface area (Å²) in [4.78, 5) is 48.6. The second kappa shape index (κ2) is 10.9. The quantitative estimate of drug-likeness (QED) is 0.180. The van der Waals surface area contributed by atoms with Crippen LogP contribution in [0.25, 0.3) is 0 Å². The van der Waals surface area contributed by atoms with Gasteiger partial charge in [0.15, 0.2) is 17.7 Å². The Hall–Kier alpha value is -3.16. The van der Waals surface area contributed by atoms with Gasteiger partial charge in [0.1, 0.15) is 18.8 Å². The van der Waals surface area contributed by atoms with Crippen molar-refractivity contribution in [3.63, 3.8) is 0 Å². The van der Waals surface area contributed by atoms with E-state index in [9.17, 15) is 44.7 Å². The van der Waals surface area contributed by atoms with Crippen LogP contribution in [0.5, 0.6) is 0 Å². The first-order valence-electron chi connectivity index (χ1n) is 12.0. The van der Waals surface area contributed by atoms with Gasteiger partial charge in [0.2, 0.25) is 11.2 Å². The molecule has 5 N–H and O–H groups in total. The van der Waals surface area contributed by atoms with Crippen molar-refractivity contribution in [3.8, 4) is 0 Å². The number of esters is 1. The minimum atomic E-state index is -3.44. The number of hydrogen-bond donors (Lipinski definition) is 5. The van der Waals surface area contributed by atoms with Gasteiger partial charge in [0.05, 0.1) is 0 Å². The first-order valence-corrected chi connectivity index (χ1v) is 12.0. The van der Waals surface area contributed by atoms with Crippen LogP contribution in [-0.4, -0.2) is 91.1 Å². The molecule has 7 atom stereocenters. The number of ether oxygens (including phenoxy) is 3. The Bertz CT molecular complexity index is 1100. The third-order valence-corrected chi connectivity index (χ3v) is 7.17. The molecule has 2 heterocycles. The number of carbonyl (C=O) groups excluding carboxylic acids is 2. The predicted molar refractivity (Wildman–Crippen MR) is 128 cm³/mol. The summed E-state index contributed by atoms with van der Waals surface area (Å²) in [5.41, 5.74) is -5.04. The highest BCUT2D eigenvalue weighted by Crippen LogP contribution is 2.54. The monoisotopic (exact) mass is 536 g/mol. The molecule has 0 saturated carbocycles. The predicted octanol–water partition coefficient (Wildman–Crippen LogP) is 0.210. The molecule has 1 aromatic rings. The first kappa shape index (κ1) is 29.4. The van der Waals surface area contributed by atoms with E-state index in [1.807, 2.05) is 37.3 Å². The number of fused-ring (bicyclic) bond motifs is 2. The van der Waals surface area contributed by atoms with Crippen LogP contribution in [0.1, 0.15) is 38.7 Å². The summed E-state index contributed by atoms with van der Waals surface area (Å²) in [6.07, 6.45) is -5.70. The molecule has 2 fully saturated rings. The molecule has 2 bridgehead atoms. The number of Topliss-reactive ketones (excluding diaryl/α,β-unsaturated/α-hetero) is 1. The molecule has 12 nitrogen and oxygen atoms in total. The maximum atomic E-state index is 12.4. The first-order chi connectivity index (χ1) is 17.7. The number of carboxylic acids is 2. The summed E-state index contributed by atoms with van der Waals surface area (Å²) < 4.78 is 16.6. The average molecular weight is 537 g/mol. The molecule has 0 aliphatic carbocycles. The zero-order valence-corrected chi connectivity index (χ0v) is 21.0. The highest BCUT2D eigenvalue weighted by molar-refractivity contribution is 5.99. The maximum absolute atomic E-state index is 12.4. The van der Waals surface area contributed by atoms with Gasteiger partial charge in [-0.05, 0) is 24.0 Å². The zero-order valence-electron chi connectivity index (χ0n) is 21.0. The fraction of sp³-hybridized carbons (Fsp3) is 0.538. The summed E-state index contributed by atoms with van der Waals surface area (Å²) in [5.74, 6) is -8.42. The molecular weight excluding hydrogens is 504 g/mol. The van der Waals surface area contributed by atoms with E-state index in [0.29, 0.717) is 12.0 Å². The van der Waals surface area contributed by atoms with E-state index in [1.165, 1.54) is 6.92 Å². The molecule has 1 aromatic carbocycles. The summed E-state index contributed by atoms with van der Waals surface area (Å²) in [5, 5.41) is 50.8. The lowest BCUT2D eigenvalue weighted by Crippen LogP contribution is -2.75. The lowest BCUT2D eigenvalue weighted by atomic mass is 9.75. The Morgan fingerprint density at radius 3 is 2.32 bits per heavy atom. The number of rotatable bonds is 12. The fourth-order valence-electron chi connectivity index (χ4n) is 5.25. The van der Waals surface area contributed by atoms with Crippen molar-refractivity contribution in [2.45, 2.75) is 74.8 Å². The molecule has 2 aliphatic heterocycles. The normalized spacial score (nSPS) is 31.7. The lowest BCUT2D eigenvalue weighted by molar-refractivity contribution is -0.370. The molecule has 0 amide bonds. The van der Waals surface area contributed by atoms with Gasteiger partial charge >= 0.3 is 17.9 Å². The van der Waals surface area contributed by atoms with Crippen molar-refractivity contribution in [1.82, 2.24) is 0 Å². The Kier molecular flexibility index (Phi) is 8.44. The summed E-state index contributed by atoms with van der Waals surface area (Å²) in [6.45, 7) is 5.82. The van der Waals surface area contributed by atoms with E-state index >= 15 is 0 Å². The second-order valence-corrected chi connectivity index (χ2v) is 9.82. The topological polar surface area (TPSA) is 197 Å². The lowest BCUT2D eigenvalue weighted by Gasteiger charge is -2.49. The number of aliphatic carboxylic acids is 2. The van der Waals surface area contributed by atoms with Gasteiger partial charge in [-0.2, -0.15) is 0 Å². The number of carbonyl (C=O) groups is 4. The molecule has 2 saturated heterocycles. The molecule has 3 rings (SSSR count). The van der Waals surface area contributed by atoms with Crippen LogP contribution in [0.15, 0.2) is 42.5 Å². The van der Waals surface area contributed by atoms with Crippen molar-refractivity contribution in [2.24, 2.45) is 5.92 Å². The number of hydrogen-bond acceptors (Lipinski definition) is 10. The number of carboxylic acid groups (broad SMARTS) is 2. The molecule has 0 aromatic heterocycles. The van der Waals surface area contributed by atoms with Crippen LogP contribution in [0, 0.1) is 5.92 Å². The standard InChI is InChI=1S/C26H32O12/c1-14(20(36-16(3)28)15(2)11-17-7-5-4-6-8-17)9-10-25-19(30)12-24(38-25,22(31)32)26(35,23(33)34)21(37-25)18(29)13-27/h4-8,15,19-21,27,30,35H,1,9-13H2,2-3H3,(H,31,32)(H,33,34)/t15-,19-,20-,21?,24?,25?,26?/m1/s1. The van der Waals surface area contributed by atoms with Crippen LogP contribution in [0.3, 0.4) is 0 Å². The Morgan fingerprint density at radius 2 is 1.79 bits per heavy atom. The number of benzene rings is 1. The van der Waals surface area contributed by atoms with Crippen LogP contribution in [0.4, 0.5) is 0 Å². The molecule has 4 unspecified atom stereocenters. The third-order valence-electron chi connectivity index (χ3n) is 7.17. The van der Waals surface area contributed by atoms with Gasteiger partial charge in [-0.3, -0.25) is 9.59 Å². The summed E-state index contributed by atoms with van der Waals surface area (Å²) in [7, 11) is 0. The molecule has 2 aliphatic rings. The van der Waals surface area contributed by atoms with Gasteiger partial charge in [0.25, 0.3) is 0 Å². The van der Waals surface area contributed by atoms with Gasteiger partial charge < -0.3 is 39.7 Å². The molecule has 0 spiro atoms. The van der Waals surface area contributed by atoms with Crippen molar-refractivity contribution in [2.75, 3.05) is 6.61 Å². The van der Waals surface area contributed by atoms with E-state index in [2.05, 4.69) is 6.58 Å². The Balaban J connectivity index is 1.90. The minimum absolute atomic E-state index is 0.0601. The zero-order chi connectivity index (χ0) is 28.5. The summed E-state index contributed by atoms with van der Waals surface area (Å²) >= 11 is 0. The molecule has 38 heavy (non-hydrogen) atoms. The van der Waals surface area contributed by atoms with E-state index in [1.54, 1.807) is 0 Å². The average Bonchev–Trinajstić information content (AvgIpc) is 3.13. The minimum Gasteiger partial charge on any atom is -0.479 e. The van der Waals surface area contributed by atoms with E-state index in [4.69, 9.17) is 14.2 Å². The highest BCUT2D eigenvalue weighted by atomic mass is 16.8. The number of aliphatic hydroxyl groups is 3.